The van der Waals surface area contributed by atoms with Gasteiger partial charge in [0.2, 0.25) is 0 Å². The molecule has 0 bridgehead atoms. The van der Waals surface area contributed by atoms with Gasteiger partial charge in [-0.2, -0.15) is 5.26 Å². The molecule has 1 N–H and O–H groups in total. The number of hydrogen-bond acceptors (Lipinski definition) is 6. The van der Waals surface area contributed by atoms with Gasteiger partial charge in [-0.1, -0.05) is 32.9 Å². The largest absolute Gasteiger partial charge is 0.468 e. The van der Waals surface area contributed by atoms with Crippen molar-refractivity contribution in [2.24, 2.45) is 10.8 Å². The van der Waals surface area contributed by atoms with Gasteiger partial charge in [-0.15, -0.1) is 0 Å². The normalized spacial score (nSPS) is 30.8. The van der Waals surface area contributed by atoms with Crippen molar-refractivity contribution in [1.82, 2.24) is 0 Å². The molecule has 3 unspecified atom stereocenters. The van der Waals surface area contributed by atoms with E-state index in [1.807, 2.05) is 6.08 Å². The lowest BCUT2D eigenvalue weighted by atomic mass is 9.58. The molecular weight excluding hydrogens is 328 g/mol. The SMILES string of the molecule is COC(=O)C1(C)C(O[Si](C)(C)C(C)(C)C)C=CCC1(C)C(=O)OO. The van der Waals surface area contributed by atoms with Crippen molar-refractivity contribution >= 4 is 20.3 Å². The first-order valence-electron chi connectivity index (χ1n) is 8.06. The van der Waals surface area contributed by atoms with E-state index in [4.69, 9.17) is 14.4 Å². The smallest absolute Gasteiger partial charge is 0.349 e. The number of hydrogen-bond donors (Lipinski definition) is 1. The maximum Gasteiger partial charge on any atom is 0.349 e. The molecule has 7 heteroatoms. The number of allylic oxidation sites excluding steroid dienone is 1. The Bertz CT molecular complexity index is 536. The topological polar surface area (TPSA) is 82.1 Å². The number of rotatable bonds is 4. The molecule has 0 saturated carbocycles. The minimum atomic E-state index is -2.22. The van der Waals surface area contributed by atoms with Crippen molar-refractivity contribution in [2.45, 2.75) is 65.3 Å². The zero-order valence-electron chi connectivity index (χ0n) is 15.9. The van der Waals surface area contributed by atoms with E-state index >= 15 is 0 Å². The van der Waals surface area contributed by atoms with Crippen LogP contribution < -0.4 is 0 Å². The van der Waals surface area contributed by atoms with Crippen molar-refractivity contribution in [2.75, 3.05) is 7.11 Å². The highest BCUT2D eigenvalue weighted by molar-refractivity contribution is 6.74. The third kappa shape index (κ3) is 3.17. The average Bonchev–Trinajstić information content (AvgIpc) is 2.48. The van der Waals surface area contributed by atoms with Gasteiger partial charge < -0.3 is 14.1 Å². The molecule has 0 spiro atoms. The molecule has 6 nitrogen and oxygen atoms in total. The fraction of sp³-hybridized carbons (Fsp3) is 0.765. The zero-order valence-corrected chi connectivity index (χ0v) is 16.9. The van der Waals surface area contributed by atoms with Gasteiger partial charge in [0, 0.05) is 0 Å². The molecule has 138 valence electrons. The summed E-state index contributed by atoms with van der Waals surface area (Å²) in [5, 5.41) is 8.86. The van der Waals surface area contributed by atoms with Crippen LogP contribution in [0.3, 0.4) is 0 Å². The molecule has 0 saturated heterocycles. The predicted octanol–water partition coefficient (Wildman–Crippen LogP) is 3.54. The lowest BCUT2D eigenvalue weighted by Crippen LogP contribution is -2.60. The van der Waals surface area contributed by atoms with E-state index in [1.165, 1.54) is 7.11 Å². The number of carbonyl (C=O) groups is 2. The van der Waals surface area contributed by atoms with Gasteiger partial charge in [0.25, 0.3) is 0 Å². The van der Waals surface area contributed by atoms with Gasteiger partial charge in [0.1, 0.15) is 5.41 Å². The summed E-state index contributed by atoms with van der Waals surface area (Å²) in [4.78, 5) is 28.9. The van der Waals surface area contributed by atoms with E-state index < -0.39 is 37.2 Å². The van der Waals surface area contributed by atoms with Crippen molar-refractivity contribution in [3.8, 4) is 0 Å². The van der Waals surface area contributed by atoms with Gasteiger partial charge in [-0.05, 0) is 38.4 Å². The van der Waals surface area contributed by atoms with Crippen LogP contribution in [0, 0.1) is 10.8 Å². The highest BCUT2D eigenvalue weighted by Gasteiger charge is 2.63. The first kappa shape index (κ1) is 20.9. The van der Waals surface area contributed by atoms with Gasteiger partial charge in [-0.3, -0.25) is 4.79 Å². The Hall–Kier alpha value is -1.18. The molecule has 0 aromatic heterocycles. The van der Waals surface area contributed by atoms with Gasteiger partial charge in [0.15, 0.2) is 8.32 Å². The van der Waals surface area contributed by atoms with Crippen LogP contribution >= 0.6 is 0 Å². The van der Waals surface area contributed by atoms with Gasteiger partial charge in [-0.25, -0.2) is 4.79 Å². The Morgan fingerprint density at radius 1 is 1.21 bits per heavy atom. The van der Waals surface area contributed by atoms with Crippen molar-refractivity contribution in [1.29, 1.82) is 0 Å². The second kappa shape index (κ2) is 6.61. The van der Waals surface area contributed by atoms with Crippen molar-refractivity contribution in [3.63, 3.8) is 0 Å². The first-order chi connectivity index (χ1) is 10.8. The van der Waals surface area contributed by atoms with Crippen molar-refractivity contribution < 1.29 is 28.9 Å². The summed E-state index contributed by atoms with van der Waals surface area (Å²) in [5.74, 6) is -1.44. The zero-order chi connectivity index (χ0) is 19.0. The fourth-order valence-corrected chi connectivity index (χ4v) is 4.05. The van der Waals surface area contributed by atoms with E-state index in [0.29, 0.717) is 0 Å². The molecule has 0 aromatic rings. The molecule has 0 fully saturated rings. The number of methoxy groups -OCH3 is 1. The fourth-order valence-electron chi connectivity index (χ4n) is 2.75. The summed E-state index contributed by atoms with van der Waals surface area (Å²) < 4.78 is 11.4. The van der Waals surface area contributed by atoms with Crippen LogP contribution in [0.2, 0.25) is 18.1 Å². The second-order valence-electron chi connectivity index (χ2n) is 8.34. The van der Waals surface area contributed by atoms with E-state index in [1.54, 1.807) is 19.9 Å². The van der Waals surface area contributed by atoms with E-state index in [0.717, 1.165) is 0 Å². The van der Waals surface area contributed by atoms with Crippen LogP contribution in [-0.4, -0.2) is 38.7 Å². The highest BCUT2D eigenvalue weighted by Crippen LogP contribution is 2.52. The molecular formula is C17H30O6Si. The molecule has 1 rings (SSSR count). The van der Waals surface area contributed by atoms with Crippen LogP contribution in [-0.2, 0) is 23.6 Å². The highest BCUT2D eigenvalue weighted by atomic mass is 28.4. The van der Waals surface area contributed by atoms with Crippen LogP contribution in [0.4, 0.5) is 0 Å². The third-order valence-electron chi connectivity index (χ3n) is 5.92. The van der Waals surface area contributed by atoms with Crippen LogP contribution in [0.5, 0.6) is 0 Å². The third-order valence-corrected chi connectivity index (χ3v) is 10.4. The summed E-state index contributed by atoms with van der Waals surface area (Å²) in [7, 11) is -0.943. The molecule has 24 heavy (non-hydrogen) atoms. The summed E-state index contributed by atoms with van der Waals surface area (Å²) in [5.41, 5.74) is -2.61. The average molecular weight is 359 g/mol. The lowest BCUT2D eigenvalue weighted by Gasteiger charge is -2.50. The Balaban J connectivity index is 3.43. The quantitative estimate of drug-likeness (QED) is 0.272. The van der Waals surface area contributed by atoms with Crippen LogP contribution in [0.15, 0.2) is 12.2 Å². The second-order valence-corrected chi connectivity index (χ2v) is 13.1. The Kier molecular flexibility index (Phi) is 5.75. The van der Waals surface area contributed by atoms with E-state index in [2.05, 4.69) is 38.8 Å². The van der Waals surface area contributed by atoms with E-state index in [-0.39, 0.29) is 11.5 Å². The predicted molar refractivity (Wildman–Crippen MR) is 92.8 cm³/mol. The maximum atomic E-state index is 12.7. The standard InChI is InChI=1S/C17H30O6Si/c1-15(2,3)24(7,8)23-12-10-9-11-16(4,13(18)22-20)17(12,5)14(19)21-6/h9-10,12,20H,11H2,1-8H3. The first-order valence-corrected chi connectivity index (χ1v) is 11.0. The molecule has 0 heterocycles. The molecule has 0 amide bonds. The Morgan fingerprint density at radius 3 is 2.17 bits per heavy atom. The van der Waals surface area contributed by atoms with E-state index in [9.17, 15) is 9.59 Å². The van der Waals surface area contributed by atoms with Crippen LogP contribution in [0.1, 0.15) is 41.0 Å². The summed E-state index contributed by atoms with van der Waals surface area (Å²) in [6, 6.07) is 0. The minimum Gasteiger partial charge on any atom is -0.468 e. The number of ether oxygens (including phenoxy) is 1. The molecule has 0 aliphatic heterocycles. The molecule has 0 radical (unpaired) electrons. The Labute approximate surface area is 145 Å². The van der Waals surface area contributed by atoms with Gasteiger partial charge >= 0.3 is 11.9 Å². The summed E-state index contributed by atoms with van der Waals surface area (Å²) >= 11 is 0. The minimum absolute atomic E-state index is 0.0663. The molecule has 0 aromatic carbocycles. The molecule has 1 aliphatic rings. The monoisotopic (exact) mass is 358 g/mol. The maximum absolute atomic E-state index is 12.7. The number of carbonyl (C=O) groups excluding carboxylic acids is 2. The molecule has 3 atom stereocenters. The van der Waals surface area contributed by atoms with Gasteiger partial charge in [0.05, 0.1) is 18.6 Å². The number of esters is 1. The Morgan fingerprint density at radius 2 is 1.75 bits per heavy atom. The molecule has 1 aliphatic carbocycles. The lowest BCUT2D eigenvalue weighted by molar-refractivity contribution is -0.254. The van der Waals surface area contributed by atoms with Crippen LogP contribution in [0.25, 0.3) is 0 Å². The summed E-state index contributed by atoms with van der Waals surface area (Å²) in [6.07, 6.45) is 3.20. The summed E-state index contributed by atoms with van der Waals surface area (Å²) in [6.45, 7) is 13.7. The van der Waals surface area contributed by atoms with Crippen molar-refractivity contribution in [3.05, 3.63) is 12.2 Å².